The number of benzene rings is 1. The van der Waals surface area contributed by atoms with Crippen molar-refractivity contribution in [3.05, 3.63) is 29.8 Å². The van der Waals surface area contributed by atoms with E-state index in [1.807, 2.05) is 12.1 Å². The quantitative estimate of drug-likeness (QED) is 0.890. The van der Waals surface area contributed by atoms with Gasteiger partial charge in [0.25, 0.3) is 0 Å². The molecule has 0 amide bonds. The zero-order valence-electron chi connectivity index (χ0n) is 12.2. The third-order valence-corrected chi connectivity index (χ3v) is 4.13. The number of likely N-dealkylation sites (N-methyl/N-ethyl adjacent to an activating group) is 1. The summed E-state index contributed by atoms with van der Waals surface area (Å²) in [6.07, 6.45) is 0. The average molecular weight is 263 g/mol. The van der Waals surface area contributed by atoms with Gasteiger partial charge in [0.2, 0.25) is 0 Å². The number of hydrogen-bond donors (Lipinski definition) is 1. The van der Waals surface area contributed by atoms with Gasteiger partial charge in [-0.1, -0.05) is 12.1 Å². The van der Waals surface area contributed by atoms with Crippen LogP contribution in [-0.4, -0.2) is 56.2 Å². The summed E-state index contributed by atoms with van der Waals surface area (Å²) in [6, 6.07) is 8.50. The van der Waals surface area contributed by atoms with Crippen molar-refractivity contribution in [1.29, 1.82) is 0 Å². The lowest BCUT2D eigenvalue weighted by molar-refractivity contribution is 0.106. The molecule has 0 aliphatic carbocycles. The largest absolute Gasteiger partial charge is 0.497 e. The molecule has 1 heterocycles. The Morgan fingerprint density at radius 3 is 2.21 bits per heavy atom. The monoisotopic (exact) mass is 263 g/mol. The van der Waals surface area contributed by atoms with E-state index in [0.29, 0.717) is 6.04 Å². The van der Waals surface area contributed by atoms with E-state index >= 15 is 0 Å². The Hall–Kier alpha value is -1.10. The molecule has 1 fully saturated rings. The summed E-state index contributed by atoms with van der Waals surface area (Å²) in [4.78, 5) is 4.84. The Morgan fingerprint density at radius 2 is 1.68 bits per heavy atom. The van der Waals surface area contributed by atoms with Gasteiger partial charge in [-0.25, -0.2) is 0 Å². The molecule has 19 heavy (non-hydrogen) atoms. The second-order valence-electron chi connectivity index (χ2n) is 5.38. The van der Waals surface area contributed by atoms with Crippen LogP contribution in [0.15, 0.2) is 24.3 Å². The Morgan fingerprint density at radius 1 is 1.11 bits per heavy atom. The van der Waals surface area contributed by atoms with Gasteiger partial charge in [0.05, 0.1) is 7.11 Å². The Labute approximate surface area is 116 Å². The fourth-order valence-corrected chi connectivity index (χ4v) is 2.56. The maximum atomic E-state index is 6.40. The van der Waals surface area contributed by atoms with Crippen molar-refractivity contribution in [1.82, 2.24) is 9.80 Å². The van der Waals surface area contributed by atoms with Crippen molar-refractivity contribution in [3.63, 3.8) is 0 Å². The van der Waals surface area contributed by atoms with Crippen LogP contribution in [0.4, 0.5) is 0 Å². The molecule has 0 spiro atoms. The number of piperazine rings is 1. The first kappa shape index (κ1) is 14.3. The third kappa shape index (κ3) is 3.47. The lowest BCUT2D eigenvalue weighted by atomic mass is 9.99. The first-order valence-corrected chi connectivity index (χ1v) is 6.94. The first-order valence-electron chi connectivity index (χ1n) is 6.94. The van der Waals surface area contributed by atoms with Crippen molar-refractivity contribution in [2.45, 2.75) is 19.0 Å². The number of nitrogens with two attached hydrogens (primary N) is 1. The number of rotatable bonds is 4. The van der Waals surface area contributed by atoms with Crippen LogP contribution in [0.25, 0.3) is 0 Å². The highest BCUT2D eigenvalue weighted by molar-refractivity contribution is 5.29. The second kappa shape index (κ2) is 6.37. The molecule has 0 aromatic heterocycles. The van der Waals surface area contributed by atoms with Crippen LogP contribution < -0.4 is 10.5 Å². The molecule has 1 aromatic rings. The van der Waals surface area contributed by atoms with Crippen LogP contribution in [0.1, 0.15) is 18.5 Å². The van der Waals surface area contributed by atoms with Crippen molar-refractivity contribution >= 4 is 0 Å². The molecule has 4 nitrogen and oxygen atoms in total. The second-order valence-corrected chi connectivity index (χ2v) is 5.38. The number of methoxy groups -OCH3 is 1. The molecular formula is C15H25N3O. The summed E-state index contributed by atoms with van der Waals surface area (Å²) < 4.78 is 5.18. The highest BCUT2D eigenvalue weighted by Crippen LogP contribution is 2.22. The highest BCUT2D eigenvalue weighted by atomic mass is 16.5. The van der Waals surface area contributed by atoms with Gasteiger partial charge in [0, 0.05) is 38.3 Å². The van der Waals surface area contributed by atoms with E-state index < -0.39 is 0 Å². The number of hydrogen-bond acceptors (Lipinski definition) is 4. The van der Waals surface area contributed by atoms with Crippen molar-refractivity contribution in [3.8, 4) is 5.75 Å². The maximum Gasteiger partial charge on any atom is 0.118 e. The summed E-state index contributed by atoms with van der Waals surface area (Å²) in [7, 11) is 3.85. The minimum Gasteiger partial charge on any atom is -0.497 e. The topological polar surface area (TPSA) is 41.7 Å². The molecule has 2 rings (SSSR count). The number of ether oxygens (including phenoxy) is 1. The molecule has 1 aliphatic rings. The van der Waals surface area contributed by atoms with Gasteiger partial charge in [-0.2, -0.15) is 0 Å². The SMILES string of the molecule is COc1ccc(C(N)C(C)N2CCN(C)CC2)cc1. The van der Waals surface area contributed by atoms with E-state index in [1.54, 1.807) is 7.11 Å². The van der Waals surface area contributed by atoms with E-state index in [4.69, 9.17) is 10.5 Å². The fourth-order valence-electron chi connectivity index (χ4n) is 2.56. The standard InChI is InChI=1S/C15H25N3O/c1-12(18-10-8-17(2)9-11-18)15(16)13-4-6-14(19-3)7-5-13/h4-7,12,15H,8-11,16H2,1-3H3. The predicted molar refractivity (Wildman–Crippen MR) is 78.5 cm³/mol. The molecular weight excluding hydrogens is 238 g/mol. The minimum atomic E-state index is 0.0503. The Bertz CT molecular complexity index is 385. The Balaban J connectivity index is 1.99. The Kier molecular flexibility index (Phi) is 4.80. The molecule has 0 bridgehead atoms. The van der Waals surface area contributed by atoms with Crippen LogP contribution in [0, 0.1) is 0 Å². The summed E-state index contributed by atoms with van der Waals surface area (Å²) in [5.74, 6) is 0.878. The molecule has 4 heteroatoms. The predicted octanol–water partition coefficient (Wildman–Crippen LogP) is 1.33. The van der Waals surface area contributed by atoms with Crippen molar-refractivity contribution in [2.24, 2.45) is 5.73 Å². The van der Waals surface area contributed by atoms with Crippen LogP contribution >= 0.6 is 0 Å². The van der Waals surface area contributed by atoms with Crippen LogP contribution in [0.2, 0.25) is 0 Å². The number of nitrogens with zero attached hydrogens (tertiary/aromatic N) is 2. The molecule has 2 atom stereocenters. The summed E-state index contributed by atoms with van der Waals surface area (Å²) >= 11 is 0. The van der Waals surface area contributed by atoms with Gasteiger partial charge in [0.1, 0.15) is 5.75 Å². The molecule has 0 radical (unpaired) electrons. The maximum absolute atomic E-state index is 6.40. The van der Waals surface area contributed by atoms with Crippen LogP contribution in [-0.2, 0) is 0 Å². The molecule has 106 valence electrons. The first-order chi connectivity index (χ1) is 9.11. The van der Waals surface area contributed by atoms with E-state index in [9.17, 15) is 0 Å². The van der Waals surface area contributed by atoms with E-state index in [-0.39, 0.29) is 6.04 Å². The van der Waals surface area contributed by atoms with Gasteiger partial charge in [-0.05, 0) is 31.7 Å². The normalized spacial score (nSPS) is 21.1. The minimum absolute atomic E-state index is 0.0503. The van der Waals surface area contributed by atoms with Gasteiger partial charge in [-0.15, -0.1) is 0 Å². The van der Waals surface area contributed by atoms with Gasteiger partial charge >= 0.3 is 0 Å². The van der Waals surface area contributed by atoms with Gasteiger partial charge < -0.3 is 15.4 Å². The summed E-state index contributed by atoms with van der Waals surface area (Å²) in [6.45, 7) is 6.67. The molecule has 1 saturated heterocycles. The smallest absolute Gasteiger partial charge is 0.118 e. The van der Waals surface area contributed by atoms with Gasteiger partial charge in [0.15, 0.2) is 0 Å². The lowest BCUT2D eigenvalue weighted by Gasteiger charge is -2.38. The third-order valence-electron chi connectivity index (χ3n) is 4.13. The van der Waals surface area contributed by atoms with Gasteiger partial charge in [-0.3, -0.25) is 4.90 Å². The van der Waals surface area contributed by atoms with E-state index in [2.05, 4.69) is 35.9 Å². The molecule has 1 aromatic carbocycles. The summed E-state index contributed by atoms with van der Waals surface area (Å²) in [5.41, 5.74) is 7.57. The highest BCUT2D eigenvalue weighted by Gasteiger charge is 2.24. The van der Waals surface area contributed by atoms with E-state index in [1.165, 1.54) is 5.56 Å². The molecule has 1 aliphatic heterocycles. The van der Waals surface area contributed by atoms with Crippen molar-refractivity contribution in [2.75, 3.05) is 40.3 Å². The lowest BCUT2D eigenvalue weighted by Crippen LogP contribution is -2.51. The summed E-state index contributed by atoms with van der Waals surface area (Å²) in [5, 5.41) is 0. The average Bonchev–Trinajstić information content (AvgIpc) is 2.46. The zero-order chi connectivity index (χ0) is 13.8. The molecule has 0 saturated carbocycles. The molecule has 2 unspecified atom stereocenters. The van der Waals surface area contributed by atoms with Crippen LogP contribution in [0.5, 0.6) is 5.75 Å². The van der Waals surface area contributed by atoms with E-state index in [0.717, 1.165) is 31.9 Å². The van der Waals surface area contributed by atoms with Crippen LogP contribution in [0.3, 0.4) is 0 Å². The fraction of sp³-hybridized carbons (Fsp3) is 0.600. The molecule has 2 N–H and O–H groups in total. The zero-order valence-corrected chi connectivity index (χ0v) is 12.2. The van der Waals surface area contributed by atoms with Crippen molar-refractivity contribution < 1.29 is 4.74 Å².